The average molecular weight is 282 g/mol. The molecule has 0 unspecified atom stereocenters. The number of hydrogen-bond donors (Lipinski definition) is 1. The van der Waals surface area contributed by atoms with Crippen LogP contribution in [0.1, 0.15) is 37.2 Å². The summed E-state index contributed by atoms with van der Waals surface area (Å²) in [6.45, 7) is 5.79. The Hall–Kier alpha value is -2.61. The van der Waals surface area contributed by atoms with Gasteiger partial charge in [0.2, 0.25) is 0 Å². The predicted octanol–water partition coefficient (Wildman–Crippen LogP) is 2.66. The largest absolute Gasteiger partial charge is 0.289 e. The van der Waals surface area contributed by atoms with E-state index in [9.17, 15) is 4.79 Å². The third-order valence-corrected chi connectivity index (χ3v) is 3.32. The van der Waals surface area contributed by atoms with E-state index in [4.69, 9.17) is 5.26 Å². The number of nitrogens with zero attached hydrogens (tertiary/aromatic N) is 3. The highest BCUT2D eigenvalue weighted by Gasteiger charge is 2.11. The van der Waals surface area contributed by atoms with Gasteiger partial charge in [-0.3, -0.25) is 9.89 Å². The number of H-pyrrole nitrogens is 1. The van der Waals surface area contributed by atoms with E-state index in [0.29, 0.717) is 11.2 Å². The number of aromatic amines is 1. The van der Waals surface area contributed by atoms with Crippen LogP contribution in [-0.4, -0.2) is 14.6 Å². The fourth-order valence-electron chi connectivity index (χ4n) is 2.10. The molecule has 0 spiro atoms. The molecular weight excluding hydrogens is 264 g/mol. The summed E-state index contributed by atoms with van der Waals surface area (Å²) in [6, 6.07) is 3.69. The van der Waals surface area contributed by atoms with Gasteiger partial charge in [0.15, 0.2) is 5.65 Å². The normalized spacial score (nSPS) is 12.2. The minimum Gasteiger partial charge on any atom is -0.276 e. The molecule has 2 rings (SSSR count). The number of hydrogen-bond acceptors (Lipinski definition) is 3. The van der Waals surface area contributed by atoms with Crippen molar-refractivity contribution in [1.82, 2.24) is 14.6 Å². The van der Waals surface area contributed by atoms with Crippen LogP contribution in [0.15, 0.2) is 34.7 Å². The van der Waals surface area contributed by atoms with Crippen LogP contribution in [-0.2, 0) is 6.42 Å². The van der Waals surface area contributed by atoms with Crippen LogP contribution < -0.4 is 5.56 Å². The van der Waals surface area contributed by atoms with Crippen molar-refractivity contribution in [3.05, 3.63) is 57.2 Å². The summed E-state index contributed by atoms with van der Waals surface area (Å²) in [5.74, 6) is 0.745. The number of pyridine rings is 1. The summed E-state index contributed by atoms with van der Waals surface area (Å²) in [6.07, 6.45) is 7.63. The van der Waals surface area contributed by atoms with Crippen molar-refractivity contribution >= 4 is 5.65 Å². The second-order valence-electron chi connectivity index (χ2n) is 5.02. The Bertz CT molecular complexity index is 815. The number of nitriles is 1. The fourth-order valence-corrected chi connectivity index (χ4v) is 2.10. The lowest BCUT2D eigenvalue weighted by atomic mass is 10.1. The molecule has 0 aliphatic carbocycles. The molecule has 0 saturated heterocycles. The van der Waals surface area contributed by atoms with E-state index in [1.165, 1.54) is 10.1 Å². The van der Waals surface area contributed by atoms with Crippen LogP contribution in [0.3, 0.4) is 0 Å². The molecule has 0 radical (unpaired) electrons. The van der Waals surface area contributed by atoms with Gasteiger partial charge in [0.25, 0.3) is 5.56 Å². The third kappa shape index (κ3) is 3.11. The molecule has 0 aliphatic heterocycles. The topological polar surface area (TPSA) is 73.9 Å². The van der Waals surface area contributed by atoms with E-state index in [1.54, 1.807) is 13.0 Å². The van der Waals surface area contributed by atoms with Gasteiger partial charge in [-0.25, -0.2) is 4.98 Å². The van der Waals surface area contributed by atoms with Crippen LogP contribution in [0.4, 0.5) is 0 Å². The lowest BCUT2D eigenvalue weighted by Crippen LogP contribution is -2.18. The molecule has 0 fully saturated rings. The van der Waals surface area contributed by atoms with E-state index in [2.05, 4.69) is 23.1 Å². The van der Waals surface area contributed by atoms with Crippen LogP contribution >= 0.6 is 0 Å². The summed E-state index contributed by atoms with van der Waals surface area (Å²) in [5, 5.41) is 12.0. The molecule has 0 saturated carbocycles. The van der Waals surface area contributed by atoms with Crippen molar-refractivity contribution in [1.29, 1.82) is 5.26 Å². The van der Waals surface area contributed by atoms with Crippen molar-refractivity contribution in [2.75, 3.05) is 0 Å². The molecule has 0 atom stereocenters. The van der Waals surface area contributed by atoms with Crippen molar-refractivity contribution in [3.8, 4) is 6.07 Å². The maximum absolute atomic E-state index is 12.1. The zero-order chi connectivity index (χ0) is 15.4. The zero-order valence-corrected chi connectivity index (χ0v) is 12.5. The van der Waals surface area contributed by atoms with Gasteiger partial charge >= 0.3 is 0 Å². The van der Waals surface area contributed by atoms with Gasteiger partial charge < -0.3 is 0 Å². The maximum atomic E-state index is 12.1. The fraction of sp³-hybridized carbons (Fsp3) is 0.312. The van der Waals surface area contributed by atoms with Crippen molar-refractivity contribution in [2.24, 2.45) is 0 Å². The van der Waals surface area contributed by atoms with Gasteiger partial charge in [-0.2, -0.15) is 9.78 Å². The first-order valence-corrected chi connectivity index (χ1v) is 6.86. The second-order valence-corrected chi connectivity index (χ2v) is 5.02. The minimum atomic E-state index is -0.340. The molecule has 0 aromatic carbocycles. The van der Waals surface area contributed by atoms with Crippen LogP contribution in [0.25, 0.3) is 5.65 Å². The monoisotopic (exact) mass is 282 g/mol. The Morgan fingerprint density at radius 3 is 3.00 bits per heavy atom. The van der Waals surface area contributed by atoms with Crippen molar-refractivity contribution < 1.29 is 0 Å². The SMILES string of the molecule is C/C=C\C=C(/C)CCc1nc2cc(C)c(C#N)c(=O)n2[nH]1. The van der Waals surface area contributed by atoms with Gasteiger partial charge in [0.05, 0.1) is 0 Å². The molecule has 0 bridgehead atoms. The first-order valence-electron chi connectivity index (χ1n) is 6.86. The molecule has 2 aromatic rings. The molecule has 0 amide bonds. The number of fused-ring (bicyclic) bond motifs is 1. The molecule has 2 aromatic heterocycles. The molecule has 108 valence electrons. The van der Waals surface area contributed by atoms with Gasteiger partial charge in [0.1, 0.15) is 17.5 Å². The van der Waals surface area contributed by atoms with Crippen molar-refractivity contribution in [3.63, 3.8) is 0 Å². The highest BCUT2D eigenvalue weighted by atomic mass is 16.1. The van der Waals surface area contributed by atoms with E-state index < -0.39 is 0 Å². The van der Waals surface area contributed by atoms with Gasteiger partial charge in [-0.15, -0.1) is 0 Å². The lowest BCUT2D eigenvalue weighted by molar-refractivity contribution is 0.816. The summed E-state index contributed by atoms with van der Waals surface area (Å²) >= 11 is 0. The number of rotatable bonds is 4. The second kappa shape index (κ2) is 6.23. The smallest absolute Gasteiger partial charge is 0.276 e. The van der Waals surface area contributed by atoms with Crippen LogP contribution in [0, 0.1) is 18.3 Å². The number of nitrogens with one attached hydrogen (secondary N) is 1. The van der Waals surface area contributed by atoms with Gasteiger partial charge in [-0.05, 0) is 38.8 Å². The van der Waals surface area contributed by atoms with Crippen LogP contribution in [0.2, 0.25) is 0 Å². The number of aromatic nitrogens is 3. The van der Waals surface area contributed by atoms with Crippen LogP contribution in [0.5, 0.6) is 0 Å². The lowest BCUT2D eigenvalue weighted by Gasteiger charge is -1.97. The Kier molecular flexibility index (Phi) is 4.39. The highest BCUT2D eigenvalue weighted by Crippen LogP contribution is 2.09. The first-order chi connectivity index (χ1) is 10.1. The summed E-state index contributed by atoms with van der Waals surface area (Å²) < 4.78 is 1.34. The summed E-state index contributed by atoms with van der Waals surface area (Å²) in [4.78, 5) is 16.5. The maximum Gasteiger partial charge on any atom is 0.289 e. The number of allylic oxidation sites excluding steroid dienone is 4. The molecule has 5 heteroatoms. The quantitative estimate of drug-likeness (QED) is 0.876. The Balaban J connectivity index is 2.30. The Morgan fingerprint density at radius 1 is 1.57 bits per heavy atom. The molecule has 2 heterocycles. The predicted molar refractivity (Wildman–Crippen MR) is 82.2 cm³/mol. The molecule has 21 heavy (non-hydrogen) atoms. The molecule has 5 nitrogen and oxygen atoms in total. The van der Waals surface area contributed by atoms with Crippen molar-refractivity contribution in [2.45, 2.75) is 33.6 Å². The first kappa shape index (κ1) is 14.8. The van der Waals surface area contributed by atoms with E-state index in [-0.39, 0.29) is 11.1 Å². The average Bonchev–Trinajstić information content (AvgIpc) is 2.86. The Labute approximate surface area is 123 Å². The highest BCUT2D eigenvalue weighted by molar-refractivity contribution is 5.47. The summed E-state index contributed by atoms with van der Waals surface area (Å²) in [7, 11) is 0. The molecular formula is C16H18N4O. The number of aryl methyl sites for hydroxylation is 2. The van der Waals surface area contributed by atoms with E-state index >= 15 is 0 Å². The van der Waals surface area contributed by atoms with E-state index in [0.717, 1.165) is 18.7 Å². The molecule has 1 N–H and O–H groups in total. The van der Waals surface area contributed by atoms with Gasteiger partial charge in [-0.1, -0.05) is 23.8 Å². The zero-order valence-electron chi connectivity index (χ0n) is 12.5. The minimum absolute atomic E-state index is 0.159. The molecule has 0 aliphatic rings. The van der Waals surface area contributed by atoms with Gasteiger partial charge in [0, 0.05) is 6.42 Å². The third-order valence-electron chi connectivity index (χ3n) is 3.32. The standard InChI is InChI=1S/C16H18N4O/c1-4-5-6-11(2)7-8-14-18-15-9-12(3)13(10-17)16(21)20(15)19-14/h4-6,9H,7-8H2,1-3H3,(H,18,19)/b5-4-,11-6+. The Morgan fingerprint density at radius 2 is 2.33 bits per heavy atom. The summed E-state index contributed by atoms with van der Waals surface area (Å²) in [5.41, 5.74) is 2.28. The van der Waals surface area contributed by atoms with E-state index in [1.807, 2.05) is 25.1 Å².